The number of halogens is 1. The molecule has 0 saturated heterocycles. The molecule has 3 aromatic rings. The number of hydrogen-bond acceptors (Lipinski definition) is 3. The van der Waals surface area contributed by atoms with Gasteiger partial charge in [0.1, 0.15) is 5.82 Å². The monoisotopic (exact) mass is 335 g/mol. The molecule has 0 bridgehead atoms. The zero-order chi connectivity index (χ0) is 16.9. The maximum atomic E-state index is 5.88. The summed E-state index contributed by atoms with van der Waals surface area (Å²) in [5.41, 5.74) is 4.61. The van der Waals surface area contributed by atoms with Crippen molar-refractivity contribution in [2.75, 3.05) is 11.9 Å². The van der Waals surface area contributed by atoms with Gasteiger partial charge in [-0.2, -0.15) is 0 Å². The quantitative estimate of drug-likeness (QED) is 0.473. The van der Waals surface area contributed by atoms with E-state index in [0.717, 1.165) is 17.1 Å². The predicted octanol–water partition coefficient (Wildman–Crippen LogP) is 5.38. The largest absolute Gasteiger partial charge is 0.329 e. The predicted molar refractivity (Wildman–Crippen MR) is 102 cm³/mol. The summed E-state index contributed by atoms with van der Waals surface area (Å²) >= 11 is 5.88. The number of hydrogen-bond donors (Lipinski definition) is 0. The Kier molecular flexibility index (Phi) is 4.92. The molecule has 0 radical (unpaired) electrons. The van der Waals surface area contributed by atoms with Crippen molar-refractivity contribution in [2.45, 2.75) is 6.92 Å². The Hall–Kier alpha value is -2.65. The molecule has 1 heterocycles. The van der Waals surface area contributed by atoms with Crippen LogP contribution in [0.4, 0.5) is 11.5 Å². The average molecular weight is 336 g/mol. The fraction of sp³-hybridized carbons (Fsp3) is 0.100. The van der Waals surface area contributed by atoms with E-state index in [1.807, 2.05) is 30.1 Å². The molecule has 0 fully saturated rings. The van der Waals surface area contributed by atoms with Crippen LogP contribution in [-0.4, -0.2) is 17.0 Å². The Morgan fingerprint density at radius 2 is 1.67 bits per heavy atom. The van der Waals surface area contributed by atoms with Crippen LogP contribution in [0.25, 0.3) is 12.2 Å². The van der Waals surface area contributed by atoms with E-state index < -0.39 is 0 Å². The van der Waals surface area contributed by atoms with Crippen molar-refractivity contribution in [3.05, 3.63) is 82.8 Å². The second kappa shape index (κ2) is 7.28. The lowest BCUT2D eigenvalue weighted by molar-refractivity contribution is 1.08. The molecule has 120 valence electrons. The third kappa shape index (κ3) is 4.00. The molecule has 0 unspecified atom stereocenters. The minimum Gasteiger partial charge on any atom is -0.329 e. The van der Waals surface area contributed by atoms with Crippen LogP contribution in [0.2, 0.25) is 5.28 Å². The maximum Gasteiger partial charge on any atom is 0.224 e. The first-order valence-corrected chi connectivity index (χ1v) is 8.07. The van der Waals surface area contributed by atoms with Gasteiger partial charge in [0, 0.05) is 18.9 Å². The van der Waals surface area contributed by atoms with Crippen molar-refractivity contribution in [1.82, 2.24) is 9.97 Å². The van der Waals surface area contributed by atoms with Crippen molar-refractivity contribution in [3.63, 3.8) is 0 Å². The molecule has 2 aromatic carbocycles. The summed E-state index contributed by atoms with van der Waals surface area (Å²) in [4.78, 5) is 10.1. The highest BCUT2D eigenvalue weighted by atomic mass is 35.5. The van der Waals surface area contributed by atoms with Crippen molar-refractivity contribution < 1.29 is 0 Å². The van der Waals surface area contributed by atoms with Gasteiger partial charge in [-0.1, -0.05) is 54.1 Å². The van der Waals surface area contributed by atoms with E-state index in [-0.39, 0.29) is 5.28 Å². The normalized spacial score (nSPS) is 11.0. The highest BCUT2D eigenvalue weighted by molar-refractivity contribution is 6.28. The van der Waals surface area contributed by atoms with Gasteiger partial charge in [0.05, 0.1) is 0 Å². The molecule has 4 heteroatoms. The molecular weight excluding hydrogens is 318 g/mol. The Bertz CT molecular complexity index is 874. The molecule has 0 aliphatic heterocycles. The first-order chi connectivity index (χ1) is 11.6. The zero-order valence-electron chi connectivity index (χ0n) is 13.6. The van der Waals surface area contributed by atoms with E-state index in [1.54, 1.807) is 6.20 Å². The second-order valence-electron chi connectivity index (χ2n) is 5.59. The molecular formula is C20H18ClN3. The molecule has 0 N–H and O–H groups in total. The summed E-state index contributed by atoms with van der Waals surface area (Å²) < 4.78 is 0. The van der Waals surface area contributed by atoms with E-state index in [2.05, 4.69) is 65.4 Å². The molecule has 0 aliphatic rings. The fourth-order valence-corrected chi connectivity index (χ4v) is 2.59. The van der Waals surface area contributed by atoms with Gasteiger partial charge in [0.15, 0.2) is 0 Å². The Balaban J connectivity index is 1.84. The minimum absolute atomic E-state index is 0.245. The Morgan fingerprint density at radius 1 is 0.958 bits per heavy atom. The van der Waals surface area contributed by atoms with Gasteiger partial charge in [-0.15, -0.1) is 0 Å². The van der Waals surface area contributed by atoms with Crippen molar-refractivity contribution in [2.24, 2.45) is 0 Å². The summed E-state index contributed by atoms with van der Waals surface area (Å²) in [7, 11) is 1.96. The topological polar surface area (TPSA) is 29.0 Å². The minimum atomic E-state index is 0.245. The van der Waals surface area contributed by atoms with Crippen molar-refractivity contribution in [1.29, 1.82) is 0 Å². The van der Waals surface area contributed by atoms with Crippen LogP contribution in [0.3, 0.4) is 0 Å². The maximum absolute atomic E-state index is 5.88. The lowest BCUT2D eigenvalue weighted by atomic mass is 10.1. The van der Waals surface area contributed by atoms with Crippen LogP contribution in [0, 0.1) is 6.92 Å². The van der Waals surface area contributed by atoms with Crippen LogP contribution >= 0.6 is 11.6 Å². The number of rotatable bonds is 4. The molecule has 3 nitrogen and oxygen atoms in total. The van der Waals surface area contributed by atoms with Crippen molar-refractivity contribution >= 4 is 35.3 Å². The number of aryl methyl sites for hydroxylation is 1. The summed E-state index contributed by atoms with van der Waals surface area (Å²) in [5, 5.41) is 0.245. The van der Waals surface area contributed by atoms with E-state index in [1.165, 1.54) is 11.1 Å². The molecule has 0 amide bonds. The third-order valence-electron chi connectivity index (χ3n) is 3.72. The van der Waals surface area contributed by atoms with E-state index in [0.29, 0.717) is 0 Å². The van der Waals surface area contributed by atoms with Gasteiger partial charge < -0.3 is 4.90 Å². The van der Waals surface area contributed by atoms with Crippen LogP contribution in [0.5, 0.6) is 0 Å². The molecule has 0 aliphatic carbocycles. The standard InChI is InChI=1S/C20H18ClN3/c1-15-5-3-6-16(13-15)9-10-17-7-4-8-18(14-17)24(2)19-11-12-22-20(21)23-19/h3-14H,1-2H3/b10-9+. The Labute approximate surface area is 147 Å². The van der Waals surface area contributed by atoms with Gasteiger partial charge in [-0.3, -0.25) is 0 Å². The number of benzene rings is 2. The molecule has 0 saturated carbocycles. The highest BCUT2D eigenvalue weighted by Gasteiger charge is 2.06. The summed E-state index contributed by atoms with van der Waals surface area (Å²) in [5.74, 6) is 0.759. The fourth-order valence-electron chi connectivity index (χ4n) is 2.45. The van der Waals surface area contributed by atoms with Crippen molar-refractivity contribution in [3.8, 4) is 0 Å². The van der Waals surface area contributed by atoms with Gasteiger partial charge in [0.25, 0.3) is 0 Å². The lowest BCUT2D eigenvalue weighted by Gasteiger charge is -2.18. The van der Waals surface area contributed by atoms with Crippen LogP contribution in [0.15, 0.2) is 60.8 Å². The molecule has 0 atom stereocenters. The summed E-state index contributed by atoms with van der Waals surface area (Å²) in [6, 6.07) is 18.5. The molecule has 0 spiro atoms. The van der Waals surface area contributed by atoms with Gasteiger partial charge >= 0.3 is 0 Å². The second-order valence-corrected chi connectivity index (χ2v) is 5.92. The SMILES string of the molecule is Cc1cccc(/C=C/c2cccc(N(C)c3ccnc(Cl)n3)c2)c1. The first kappa shape index (κ1) is 16.2. The third-order valence-corrected chi connectivity index (χ3v) is 3.91. The van der Waals surface area contributed by atoms with Gasteiger partial charge in [-0.05, 0) is 47.9 Å². The number of aromatic nitrogens is 2. The lowest BCUT2D eigenvalue weighted by Crippen LogP contribution is -2.11. The van der Waals surface area contributed by atoms with E-state index in [4.69, 9.17) is 11.6 Å². The van der Waals surface area contributed by atoms with Crippen LogP contribution in [0.1, 0.15) is 16.7 Å². The van der Waals surface area contributed by atoms with Gasteiger partial charge in [0.2, 0.25) is 5.28 Å². The Morgan fingerprint density at radius 3 is 2.38 bits per heavy atom. The summed E-state index contributed by atoms with van der Waals surface area (Å²) in [6.45, 7) is 2.10. The zero-order valence-corrected chi connectivity index (χ0v) is 14.4. The van der Waals surface area contributed by atoms with E-state index >= 15 is 0 Å². The molecule has 24 heavy (non-hydrogen) atoms. The average Bonchev–Trinajstić information content (AvgIpc) is 2.60. The number of nitrogens with zero attached hydrogens (tertiary/aromatic N) is 3. The smallest absolute Gasteiger partial charge is 0.224 e. The van der Waals surface area contributed by atoms with Gasteiger partial charge in [-0.25, -0.2) is 9.97 Å². The van der Waals surface area contributed by atoms with Crippen LogP contribution in [-0.2, 0) is 0 Å². The number of anilines is 2. The summed E-state index contributed by atoms with van der Waals surface area (Å²) in [6.07, 6.45) is 5.88. The highest BCUT2D eigenvalue weighted by Crippen LogP contribution is 2.23. The van der Waals surface area contributed by atoms with Crippen LogP contribution < -0.4 is 4.90 Å². The van der Waals surface area contributed by atoms with E-state index in [9.17, 15) is 0 Å². The first-order valence-electron chi connectivity index (χ1n) is 7.69. The molecule has 1 aromatic heterocycles. The molecule has 3 rings (SSSR count).